The Balaban J connectivity index is 3.05. The van der Waals surface area contributed by atoms with E-state index in [1.807, 2.05) is 26.0 Å². The minimum atomic E-state index is -3.51. The van der Waals surface area contributed by atoms with Gasteiger partial charge in [-0.3, -0.25) is 0 Å². The van der Waals surface area contributed by atoms with Crippen molar-refractivity contribution in [3.05, 3.63) is 63.6 Å². The van der Waals surface area contributed by atoms with Crippen LogP contribution in [0.2, 0.25) is 25.7 Å². The van der Waals surface area contributed by atoms with Gasteiger partial charge in [0.1, 0.15) is 0 Å². The topological polar surface area (TPSA) is 34.1 Å². The van der Waals surface area contributed by atoms with Crippen molar-refractivity contribution in [3.8, 4) is 11.8 Å². The molecule has 0 unspecified atom stereocenters. The van der Waals surface area contributed by atoms with Gasteiger partial charge in [0.15, 0.2) is 0 Å². The van der Waals surface area contributed by atoms with Crippen molar-refractivity contribution in [1.82, 2.24) is 0 Å². The fourth-order valence-electron chi connectivity index (χ4n) is 3.39. The molecule has 182 valence electrons. The summed E-state index contributed by atoms with van der Waals surface area (Å²) in [6.07, 6.45) is 9.30. The average molecular weight is 485 g/mol. The maximum atomic E-state index is 13.5. The lowest BCUT2D eigenvalue weighted by Gasteiger charge is -2.13. The second kappa shape index (κ2) is 13.8. The third-order valence-electron chi connectivity index (χ3n) is 5.46. The highest BCUT2D eigenvalue weighted by Crippen LogP contribution is 2.28. The normalized spacial score (nSPS) is 13.2. The molecule has 0 amide bonds. The second-order valence-corrected chi connectivity index (χ2v) is 18.0. The Morgan fingerprint density at radius 2 is 1.48 bits per heavy atom. The standard InChI is InChI=1S/C29H44O2SSi/c1-24(2)14-12-15-25(3)16-13-17-27(5)29(18-10-9-11-23-33(6,7)8)32(30,31)28-21-19-26(4)20-22-28/h14,16,19-22H,10,12-13,15,17-18,23H2,1-8H3/b25-16+,29-27+. The third-order valence-corrected chi connectivity index (χ3v) is 8.79. The predicted molar refractivity (Wildman–Crippen MR) is 148 cm³/mol. The Bertz CT molecular complexity index is 1020. The van der Waals surface area contributed by atoms with Crippen molar-refractivity contribution in [1.29, 1.82) is 0 Å². The molecule has 0 aliphatic carbocycles. The molecule has 0 saturated heterocycles. The molecule has 33 heavy (non-hydrogen) atoms. The van der Waals surface area contributed by atoms with E-state index in [2.05, 4.69) is 64.4 Å². The van der Waals surface area contributed by atoms with Crippen molar-refractivity contribution in [2.45, 2.75) is 104 Å². The van der Waals surface area contributed by atoms with E-state index >= 15 is 0 Å². The maximum absolute atomic E-state index is 13.5. The molecule has 0 aromatic heterocycles. The van der Waals surface area contributed by atoms with Crippen LogP contribution in [-0.2, 0) is 9.84 Å². The Hall–Kier alpha value is -1.83. The van der Waals surface area contributed by atoms with Crippen LogP contribution < -0.4 is 0 Å². The molecule has 0 spiro atoms. The molecule has 0 atom stereocenters. The van der Waals surface area contributed by atoms with Crippen molar-refractivity contribution in [3.63, 3.8) is 0 Å². The number of hydrogen-bond donors (Lipinski definition) is 0. The minimum absolute atomic E-state index is 0.381. The van der Waals surface area contributed by atoms with E-state index in [0.29, 0.717) is 22.6 Å². The number of benzene rings is 1. The van der Waals surface area contributed by atoms with E-state index < -0.39 is 17.9 Å². The Kier molecular flexibility index (Phi) is 12.2. The highest BCUT2D eigenvalue weighted by atomic mass is 32.2. The van der Waals surface area contributed by atoms with Crippen molar-refractivity contribution < 1.29 is 8.42 Å². The Morgan fingerprint density at radius 3 is 2.06 bits per heavy atom. The number of allylic oxidation sites excluding steroid dienone is 6. The van der Waals surface area contributed by atoms with Crippen molar-refractivity contribution >= 4 is 17.9 Å². The van der Waals surface area contributed by atoms with Gasteiger partial charge in [-0.1, -0.05) is 66.2 Å². The first-order chi connectivity index (χ1) is 15.3. The summed E-state index contributed by atoms with van der Waals surface area (Å²) in [5, 5.41) is 0. The number of hydrogen-bond acceptors (Lipinski definition) is 2. The van der Waals surface area contributed by atoms with Gasteiger partial charge < -0.3 is 0 Å². The Morgan fingerprint density at radius 1 is 0.879 bits per heavy atom. The lowest BCUT2D eigenvalue weighted by molar-refractivity contribution is 0.599. The molecular formula is C29H44O2SSi. The first-order valence-electron chi connectivity index (χ1n) is 12.1. The monoisotopic (exact) mass is 484 g/mol. The average Bonchev–Trinajstić information content (AvgIpc) is 2.69. The van der Waals surface area contributed by atoms with Gasteiger partial charge in [-0.25, -0.2) is 8.42 Å². The van der Waals surface area contributed by atoms with Crippen LogP contribution in [0.5, 0.6) is 0 Å². The largest absolute Gasteiger partial charge is 0.219 e. The third kappa shape index (κ3) is 11.7. The Labute approximate surface area is 205 Å². The molecule has 0 bridgehead atoms. The van der Waals surface area contributed by atoms with E-state index in [9.17, 15) is 8.42 Å². The fraction of sp³-hybridized carbons (Fsp3) is 0.517. The smallest absolute Gasteiger partial charge is 0.202 e. The molecule has 0 heterocycles. The first-order valence-corrected chi connectivity index (χ1v) is 17.3. The number of sulfone groups is 1. The van der Waals surface area contributed by atoms with Crippen LogP contribution in [0.25, 0.3) is 0 Å². The van der Waals surface area contributed by atoms with E-state index in [1.165, 1.54) is 11.1 Å². The summed E-state index contributed by atoms with van der Waals surface area (Å²) < 4.78 is 27.0. The number of aryl methyl sites for hydroxylation is 1. The summed E-state index contributed by atoms with van der Waals surface area (Å²) in [6, 6.07) is 8.13. The van der Waals surface area contributed by atoms with Crippen LogP contribution >= 0.6 is 0 Å². The molecule has 0 aliphatic rings. The van der Waals surface area contributed by atoms with E-state index in [-0.39, 0.29) is 0 Å². The quantitative estimate of drug-likeness (QED) is 0.179. The maximum Gasteiger partial charge on any atom is 0.202 e. The van der Waals surface area contributed by atoms with E-state index in [4.69, 9.17) is 0 Å². The van der Waals surface area contributed by atoms with Crippen LogP contribution in [0.1, 0.15) is 71.8 Å². The molecule has 2 nitrogen and oxygen atoms in total. The second-order valence-electron chi connectivity index (χ2n) is 10.5. The first kappa shape index (κ1) is 29.2. The lowest BCUT2D eigenvalue weighted by Crippen LogP contribution is -2.17. The van der Waals surface area contributed by atoms with Gasteiger partial charge in [0, 0.05) is 17.4 Å². The van der Waals surface area contributed by atoms with Crippen LogP contribution in [0.3, 0.4) is 0 Å². The van der Waals surface area contributed by atoms with Gasteiger partial charge in [0.2, 0.25) is 9.84 Å². The molecule has 0 fully saturated rings. The van der Waals surface area contributed by atoms with Crippen LogP contribution in [-0.4, -0.2) is 16.5 Å². The van der Waals surface area contributed by atoms with Gasteiger partial charge in [0.05, 0.1) is 13.0 Å². The molecule has 4 heteroatoms. The fourth-order valence-corrected chi connectivity index (χ4v) is 5.76. The van der Waals surface area contributed by atoms with Crippen LogP contribution in [0, 0.1) is 18.8 Å². The van der Waals surface area contributed by atoms with Crippen molar-refractivity contribution in [2.24, 2.45) is 0 Å². The van der Waals surface area contributed by atoms with Crippen LogP contribution in [0.4, 0.5) is 0 Å². The summed E-state index contributed by atoms with van der Waals surface area (Å²) in [7, 11) is -4.72. The highest BCUT2D eigenvalue weighted by Gasteiger charge is 2.22. The van der Waals surface area contributed by atoms with Gasteiger partial charge in [-0.15, -0.1) is 11.8 Å². The highest BCUT2D eigenvalue weighted by molar-refractivity contribution is 7.95. The zero-order chi connectivity index (χ0) is 25.1. The lowest BCUT2D eigenvalue weighted by atomic mass is 10.1. The molecule has 0 radical (unpaired) electrons. The minimum Gasteiger partial charge on any atom is -0.219 e. The van der Waals surface area contributed by atoms with Gasteiger partial charge in [-0.05, 0) is 78.9 Å². The molecule has 0 N–H and O–H groups in total. The molecule has 0 aliphatic heterocycles. The summed E-state index contributed by atoms with van der Waals surface area (Å²) >= 11 is 0. The predicted octanol–water partition coefficient (Wildman–Crippen LogP) is 8.64. The molecule has 1 rings (SSSR count). The number of rotatable bonds is 11. The molecule has 0 saturated carbocycles. The van der Waals surface area contributed by atoms with Gasteiger partial charge >= 0.3 is 0 Å². The summed E-state index contributed by atoms with van der Waals surface area (Å²) in [5.74, 6) is 6.52. The van der Waals surface area contributed by atoms with E-state index in [1.54, 1.807) is 12.1 Å². The SMILES string of the molecule is CC(C)=CCC/C(C)=C/CC/C(C)=C(\CCC#CC[Si](C)(C)C)S(=O)(=O)c1ccc(C)cc1. The zero-order valence-electron chi connectivity index (χ0n) is 22.1. The molecule has 1 aromatic rings. The molecular weight excluding hydrogens is 440 g/mol. The van der Waals surface area contributed by atoms with Gasteiger partial charge in [0.25, 0.3) is 0 Å². The summed E-state index contributed by atoms with van der Waals surface area (Å²) in [5.41, 5.74) is 4.72. The summed E-state index contributed by atoms with van der Waals surface area (Å²) in [4.78, 5) is 0.926. The van der Waals surface area contributed by atoms with Gasteiger partial charge in [-0.2, -0.15) is 0 Å². The van der Waals surface area contributed by atoms with Crippen LogP contribution in [0.15, 0.2) is 62.9 Å². The van der Waals surface area contributed by atoms with E-state index in [0.717, 1.165) is 42.9 Å². The summed E-state index contributed by atoms with van der Waals surface area (Å²) in [6.45, 7) is 17.3. The molecule has 1 aromatic carbocycles. The zero-order valence-corrected chi connectivity index (χ0v) is 24.0. The van der Waals surface area contributed by atoms with Crippen molar-refractivity contribution in [2.75, 3.05) is 0 Å².